The Morgan fingerprint density at radius 2 is 2.27 bits per heavy atom. The smallest absolute Gasteiger partial charge is 0.298 e. The van der Waals surface area contributed by atoms with E-state index in [1.165, 1.54) is 10.6 Å². The Morgan fingerprint density at radius 3 is 3.00 bits per heavy atom. The van der Waals surface area contributed by atoms with Gasteiger partial charge in [0.2, 0.25) is 5.76 Å². The summed E-state index contributed by atoms with van der Waals surface area (Å²) < 4.78 is 13.1. The third-order valence-corrected chi connectivity index (χ3v) is 6.95. The van der Waals surface area contributed by atoms with Crippen molar-refractivity contribution in [3.05, 3.63) is 34.3 Å². The molecule has 0 N–H and O–H groups in total. The van der Waals surface area contributed by atoms with E-state index in [4.69, 9.17) is 14.2 Å². The molecule has 9 heteroatoms. The Labute approximate surface area is 178 Å². The van der Waals surface area contributed by atoms with Crippen molar-refractivity contribution in [3.8, 4) is 11.3 Å². The summed E-state index contributed by atoms with van der Waals surface area (Å²) in [5.41, 5.74) is 3.96. The molecule has 0 radical (unpaired) electrons. The number of anilines is 1. The number of hydrogen-bond donors (Lipinski definition) is 0. The number of amides is 1. The minimum atomic E-state index is -0.220. The van der Waals surface area contributed by atoms with E-state index >= 15 is 0 Å². The fourth-order valence-electron chi connectivity index (χ4n) is 4.06. The highest BCUT2D eigenvalue weighted by Gasteiger charge is 2.32. The van der Waals surface area contributed by atoms with Gasteiger partial charge >= 0.3 is 0 Å². The molecule has 1 atom stereocenters. The lowest BCUT2D eigenvalue weighted by molar-refractivity contribution is 0.0887. The van der Waals surface area contributed by atoms with Crippen LogP contribution in [0.1, 0.15) is 59.4 Å². The monoisotopic (exact) mass is 427 g/mol. The van der Waals surface area contributed by atoms with Gasteiger partial charge in [-0.25, -0.2) is 4.98 Å². The molecule has 1 fully saturated rings. The van der Waals surface area contributed by atoms with Crippen LogP contribution in [0.2, 0.25) is 0 Å². The predicted octanol–water partition coefficient (Wildman–Crippen LogP) is 3.58. The lowest BCUT2D eigenvalue weighted by Crippen LogP contribution is -2.37. The molecule has 0 aromatic carbocycles. The maximum atomic E-state index is 13.4. The van der Waals surface area contributed by atoms with Crippen molar-refractivity contribution in [3.63, 3.8) is 0 Å². The summed E-state index contributed by atoms with van der Waals surface area (Å²) in [6, 6.07) is 1.74. The van der Waals surface area contributed by atoms with Gasteiger partial charge in [-0.1, -0.05) is 19.0 Å². The van der Waals surface area contributed by atoms with Gasteiger partial charge in [0, 0.05) is 35.9 Å². The zero-order valence-electron chi connectivity index (χ0n) is 17.4. The molecule has 1 amide bonds. The number of fused-ring (bicyclic) bond motifs is 3. The Morgan fingerprint density at radius 1 is 1.40 bits per heavy atom. The zero-order chi connectivity index (χ0) is 20.8. The van der Waals surface area contributed by atoms with Crippen molar-refractivity contribution in [1.29, 1.82) is 0 Å². The van der Waals surface area contributed by atoms with Crippen molar-refractivity contribution in [2.45, 2.75) is 51.6 Å². The van der Waals surface area contributed by atoms with Crippen molar-refractivity contribution in [2.24, 2.45) is 7.05 Å². The highest BCUT2D eigenvalue weighted by Crippen LogP contribution is 2.39. The summed E-state index contributed by atoms with van der Waals surface area (Å²) in [4.78, 5) is 21.2. The molecule has 0 bridgehead atoms. The van der Waals surface area contributed by atoms with Gasteiger partial charge in [-0.2, -0.15) is 5.10 Å². The van der Waals surface area contributed by atoms with Gasteiger partial charge < -0.3 is 9.26 Å². The third-order valence-electron chi connectivity index (χ3n) is 5.81. The van der Waals surface area contributed by atoms with E-state index in [9.17, 15) is 4.79 Å². The first-order valence-electron chi connectivity index (χ1n) is 10.4. The van der Waals surface area contributed by atoms with Crippen molar-refractivity contribution < 1.29 is 14.1 Å². The third kappa shape index (κ3) is 3.35. The average Bonchev–Trinajstić information content (AvgIpc) is 3.51. The molecule has 0 spiro atoms. The largest absolute Gasteiger partial charge is 0.376 e. The van der Waals surface area contributed by atoms with E-state index < -0.39 is 0 Å². The normalized spacial score (nSPS) is 17.9. The maximum absolute atomic E-state index is 13.4. The molecular weight excluding hydrogens is 402 g/mol. The number of rotatable bonds is 5. The molecule has 158 valence electrons. The molecule has 5 rings (SSSR count). The summed E-state index contributed by atoms with van der Waals surface area (Å²) in [6.07, 6.45) is 5.67. The van der Waals surface area contributed by atoms with Crippen molar-refractivity contribution >= 4 is 22.4 Å². The Balaban J connectivity index is 1.51. The van der Waals surface area contributed by atoms with Crippen LogP contribution in [-0.2, 0) is 24.6 Å². The van der Waals surface area contributed by atoms with E-state index in [0.717, 1.165) is 49.2 Å². The van der Waals surface area contributed by atoms with E-state index in [0.29, 0.717) is 11.7 Å². The molecule has 30 heavy (non-hydrogen) atoms. The summed E-state index contributed by atoms with van der Waals surface area (Å²) in [7, 11) is 1.96. The molecule has 3 aromatic rings. The molecule has 1 aliphatic carbocycles. The predicted molar refractivity (Wildman–Crippen MR) is 113 cm³/mol. The molecule has 1 saturated heterocycles. The zero-order valence-corrected chi connectivity index (χ0v) is 18.2. The number of carbonyl (C=O) groups excluding carboxylic acids is 1. The summed E-state index contributed by atoms with van der Waals surface area (Å²) >= 11 is 1.58. The summed E-state index contributed by atoms with van der Waals surface area (Å²) in [6.45, 7) is 5.25. The van der Waals surface area contributed by atoms with Crippen LogP contribution >= 0.6 is 11.3 Å². The van der Waals surface area contributed by atoms with Crippen LogP contribution in [-0.4, -0.2) is 45.1 Å². The standard InChI is InChI=1S/C21H25N5O3S/c1-12(2)15-9-17(29-24-15)20(27)26(11-13-5-4-8-28-13)21-23-19-14-10-22-25(3)16(14)6-7-18(19)30-21/h9-10,12-13H,4-8,11H2,1-3H3/t13-/m0/s1. The van der Waals surface area contributed by atoms with Gasteiger partial charge in [0.15, 0.2) is 5.13 Å². The molecule has 2 aliphatic rings. The topological polar surface area (TPSA) is 86.3 Å². The van der Waals surface area contributed by atoms with Crippen LogP contribution in [0.3, 0.4) is 0 Å². The number of ether oxygens (including phenoxy) is 1. The SMILES string of the molecule is CC(C)c1cc(C(=O)N(C[C@@H]2CCCO2)c2nc3c(s2)CCc2c-3cnn2C)on1. The quantitative estimate of drug-likeness (QED) is 0.619. The number of hydrogen-bond acceptors (Lipinski definition) is 7. The second-order valence-corrected chi connectivity index (χ2v) is 9.28. The Kier molecular flexibility index (Phi) is 4.94. The van der Waals surface area contributed by atoms with Gasteiger partial charge in [0.05, 0.1) is 30.2 Å². The molecule has 1 aliphatic heterocycles. The molecule has 0 unspecified atom stereocenters. The van der Waals surface area contributed by atoms with E-state index in [-0.39, 0.29) is 23.7 Å². The van der Waals surface area contributed by atoms with E-state index in [2.05, 4.69) is 10.3 Å². The summed E-state index contributed by atoms with van der Waals surface area (Å²) in [5.74, 6) is 0.215. The summed E-state index contributed by atoms with van der Waals surface area (Å²) in [5, 5.41) is 9.13. The van der Waals surface area contributed by atoms with Crippen LogP contribution in [0.4, 0.5) is 5.13 Å². The molecule has 4 heterocycles. The van der Waals surface area contributed by atoms with E-state index in [1.54, 1.807) is 22.3 Å². The van der Waals surface area contributed by atoms with Crippen LogP contribution < -0.4 is 4.90 Å². The van der Waals surface area contributed by atoms with Gasteiger partial charge in [-0.05, 0) is 31.6 Å². The van der Waals surface area contributed by atoms with Gasteiger partial charge in [-0.15, -0.1) is 11.3 Å². The Bertz CT molecular complexity index is 1080. The van der Waals surface area contributed by atoms with Crippen molar-refractivity contribution in [2.75, 3.05) is 18.1 Å². The van der Waals surface area contributed by atoms with Crippen LogP contribution in [0.15, 0.2) is 16.8 Å². The fourth-order valence-corrected chi connectivity index (χ4v) is 5.14. The lowest BCUT2D eigenvalue weighted by atomic mass is 10.0. The van der Waals surface area contributed by atoms with Gasteiger partial charge in [0.25, 0.3) is 5.91 Å². The second-order valence-electron chi connectivity index (χ2n) is 8.22. The van der Waals surface area contributed by atoms with Crippen LogP contribution in [0.5, 0.6) is 0 Å². The fraction of sp³-hybridized carbons (Fsp3) is 0.524. The minimum absolute atomic E-state index is 0.0105. The first-order chi connectivity index (χ1) is 14.5. The number of aryl methyl sites for hydroxylation is 2. The molecule has 8 nitrogen and oxygen atoms in total. The van der Waals surface area contributed by atoms with Crippen molar-refractivity contribution in [1.82, 2.24) is 19.9 Å². The van der Waals surface area contributed by atoms with Crippen LogP contribution in [0, 0.1) is 0 Å². The molecular formula is C21H25N5O3S. The van der Waals surface area contributed by atoms with Gasteiger partial charge in [-0.3, -0.25) is 14.4 Å². The minimum Gasteiger partial charge on any atom is -0.376 e. The first kappa shape index (κ1) is 19.4. The molecule has 0 saturated carbocycles. The lowest BCUT2D eigenvalue weighted by Gasteiger charge is -2.21. The number of carbonyl (C=O) groups is 1. The number of aromatic nitrogens is 4. The number of thiazole rings is 1. The molecule has 3 aromatic heterocycles. The van der Waals surface area contributed by atoms with E-state index in [1.807, 2.05) is 31.8 Å². The van der Waals surface area contributed by atoms with Gasteiger partial charge in [0.1, 0.15) is 0 Å². The second kappa shape index (κ2) is 7.63. The number of nitrogens with zero attached hydrogens (tertiary/aromatic N) is 5. The average molecular weight is 428 g/mol. The van der Waals surface area contributed by atoms with Crippen LogP contribution in [0.25, 0.3) is 11.3 Å². The maximum Gasteiger partial charge on any atom is 0.298 e. The highest BCUT2D eigenvalue weighted by molar-refractivity contribution is 7.16. The first-order valence-corrected chi connectivity index (χ1v) is 11.2. The highest BCUT2D eigenvalue weighted by atomic mass is 32.1. The Hall–Kier alpha value is -2.52.